The summed E-state index contributed by atoms with van der Waals surface area (Å²) in [7, 11) is -3.59. The van der Waals surface area contributed by atoms with Crippen LogP contribution in [0.5, 0.6) is 0 Å². The van der Waals surface area contributed by atoms with Crippen LogP contribution in [-0.2, 0) is 14.8 Å². The van der Waals surface area contributed by atoms with Crippen LogP contribution in [0.25, 0.3) is 0 Å². The van der Waals surface area contributed by atoms with Crippen molar-refractivity contribution in [3.8, 4) is 0 Å². The van der Waals surface area contributed by atoms with E-state index in [2.05, 4.69) is 20.3 Å². The largest absolute Gasteiger partial charge is 0.370 e. The Balaban J connectivity index is 1.65. The molecule has 0 aromatic heterocycles. The summed E-state index contributed by atoms with van der Waals surface area (Å²) in [5.41, 5.74) is 1.74. The molecule has 0 aliphatic carbocycles. The minimum atomic E-state index is -3.59. The highest BCUT2D eigenvalue weighted by Gasteiger charge is 2.34. The number of benzene rings is 2. The fourth-order valence-electron chi connectivity index (χ4n) is 3.04. The topological polar surface area (TPSA) is 59.0 Å². The van der Waals surface area contributed by atoms with Gasteiger partial charge < -0.3 is 9.64 Å². The summed E-state index contributed by atoms with van der Waals surface area (Å²) in [5, 5.41) is 0. The van der Waals surface area contributed by atoms with Crippen LogP contribution in [-0.4, -0.2) is 38.8 Å². The van der Waals surface area contributed by atoms with Gasteiger partial charge in [-0.05, 0) is 29.8 Å². The number of hydrogen-bond donors (Lipinski definition) is 0. The second-order valence-electron chi connectivity index (χ2n) is 5.74. The maximum atomic E-state index is 12.2. The molecule has 0 amide bonds. The predicted octanol–water partition coefficient (Wildman–Crippen LogP) is 2.97. The van der Waals surface area contributed by atoms with Crippen LogP contribution in [0.15, 0.2) is 62.3 Å². The van der Waals surface area contributed by atoms with Crippen LogP contribution < -0.4 is 0 Å². The van der Waals surface area contributed by atoms with Gasteiger partial charge in [-0.25, -0.2) is 0 Å². The van der Waals surface area contributed by atoms with Crippen molar-refractivity contribution in [3.63, 3.8) is 0 Å². The van der Waals surface area contributed by atoms with Gasteiger partial charge in [0, 0.05) is 23.1 Å². The Kier molecular flexibility index (Phi) is 3.94. The van der Waals surface area contributed by atoms with Crippen LogP contribution in [0.1, 0.15) is 17.2 Å². The third-order valence-corrected chi connectivity index (χ3v) is 6.07. The van der Waals surface area contributed by atoms with Crippen molar-refractivity contribution in [2.45, 2.75) is 11.0 Å². The Bertz CT molecular complexity index is 910. The third kappa shape index (κ3) is 2.76. The van der Waals surface area contributed by atoms with E-state index >= 15 is 0 Å². The number of halogens is 1. The van der Waals surface area contributed by atoms with Gasteiger partial charge in [-0.3, -0.25) is 0 Å². The normalized spacial score (nSPS) is 22.1. The second kappa shape index (κ2) is 5.98. The van der Waals surface area contributed by atoms with Crippen molar-refractivity contribution in [2.24, 2.45) is 4.40 Å². The number of rotatable bonds is 1. The van der Waals surface area contributed by atoms with Crippen molar-refractivity contribution >= 4 is 31.8 Å². The monoisotopic (exact) mass is 406 g/mol. The van der Waals surface area contributed by atoms with Crippen molar-refractivity contribution in [2.75, 3.05) is 19.7 Å². The zero-order chi connectivity index (χ0) is 16.7. The average Bonchev–Trinajstić information content (AvgIpc) is 2.88. The van der Waals surface area contributed by atoms with Gasteiger partial charge >= 0.3 is 0 Å². The van der Waals surface area contributed by atoms with E-state index in [0.29, 0.717) is 31.1 Å². The lowest BCUT2D eigenvalue weighted by molar-refractivity contribution is -0.00663. The summed E-state index contributed by atoms with van der Waals surface area (Å²) in [4.78, 5) is 2.28. The molecule has 2 aliphatic rings. The molecule has 2 aliphatic heterocycles. The molecule has 1 unspecified atom stereocenters. The van der Waals surface area contributed by atoms with Gasteiger partial charge in [-0.15, -0.1) is 4.40 Å². The zero-order valence-electron chi connectivity index (χ0n) is 12.7. The molecule has 5 nitrogen and oxygen atoms in total. The number of fused-ring (bicyclic) bond motifs is 1. The SMILES string of the molecule is O=S1(=O)N=C(N2CCOC(c3ccc(Br)cc3)C2)c2ccccc21. The van der Waals surface area contributed by atoms with Crippen molar-refractivity contribution in [3.05, 3.63) is 64.1 Å². The molecule has 7 heteroatoms. The Morgan fingerprint density at radius 1 is 1.12 bits per heavy atom. The highest BCUT2D eigenvalue weighted by atomic mass is 79.9. The maximum absolute atomic E-state index is 12.2. The van der Waals surface area contributed by atoms with Crippen LogP contribution in [0, 0.1) is 0 Å². The fraction of sp³-hybridized carbons (Fsp3) is 0.235. The van der Waals surface area contributed by atoms with E-state index in [4.69, 9.17) is 4.74 Å². The number of sulfonamides is 1. The van der Waals surface area contributed by atoms with E-state index in [0.717, 1.165) is 10.0 Å². The fourth-order valence-corrected chi connectivity index (χ4v) is 4.53. The molecular formula is C17H15BrN2O3S. The van der Waals surface area contributed by atoms with E-state index in [1.165, 1.54) is 0 Å². The number of ether oxygens (including phenoxy) is 1. The van der Waals surface area contributed by atoms with Gasteiger partial charge in [0.1, 0.15) is 11.0 Å². The van der Waals surface area contributed by atoms with Gasteiger partial charge in [-0.1, -0.05) is 40.2 Å². The molecule has 24 heavy (non-hydrogen) atoms. The zero-order valence-corrected chi connectivity index (χ0v) is 15.1. The van der Waals surface area contributed by atoms with E-state index < -0.39 is 10.0 Å². The summed E-state index contributed by atoms with van der Waals surface area (Å²) < 4.78 is 35.4. The molecule has 0 bridgehead atoms. The predicted molar refractivity (Wildman–Crippen MR) is 94.6 cm³/mol. The minimum Gasteiger partial charge on any atom is -0.370 e. The molecule has 0 radical (unpaired) electrons. The summed E-state index contributed by atoms with van der Waals surface area (Å²) in [5.74, 6) is 0.524. The third-order valence-electron chi connectivity index (χ3n) is 4.22. The maximum Gasteiger partial charge on any atom is 0.285 e. The first-order valence-corrected chi connectivity index (χ1v) is 9.84. The lowest BCUT2D eigenvalue weighted by Gasteiger charge is -2.34. The molecule has 1 fully saturated rings. The van der Waals surface area contributed by atoms with E-state index in [1.807, 2.05) is 41.3 Å². The summed E-state index contributed by atoms with van der Waals surface area (Å²) >= 11 is 3.43. The molecule has 0 N–H and O–H groups in total. The number of morpholine rings is 1. The van der Waals surface area contributed by atoms with Gasteiger partial charge in [0.2, 0.25) is 0 Å². The Hall–Kier alpha value is -1.70. The van der Waals surface area contributed by atoms with Crippen molar-refractivity contribution < 1.29 is 13.2 Å². The lowest BCUT2D eigenvalue weighted by Crippen LogP contribution is -2.42. The van der Waals surface area contributed by atoms with Crippen LogP contribution in [0.3, 0.4) is 0 Å². The molecule has 1 atom stereocenters. The summed E-state index contributed by atoms with van der Waals surface area (Å²) in [6.07, 6.45) is -0.106. The quantitative estimate of drug-likeness (QED) is 0.730. The van der Waals surface area contributed by atoms with Gasteiger partial charge in [-0.2, -0.15) is 8.42 Å². The second-order valence-corrected chi connectivity index (χ2v) is 8.23. The van der Waals surface area contributed by atoms with E-state index in [-0.39, 0.29) is 11.0 Å². The highest BCUT2D eigenvalue weighted by molar-refractivity contribution is 9.10. The van der Waals surface area contributed by atoms with Crippen LogP contribution in [0.4, 0.5) is 0 Å². The molecule has 2 heterocycles. The lowest BCUT2D eigenvalue weighted by atomic mass is 10.1. The average molecular weight is 407 g/mol. The van der Waals surface area contributed by atoms with Gasteiger partial charge in [0.15, 0.2) is 5.84 Å². The molecule has 4 rings (SSSR count). The first-order chi connectivity index (χ1) is 11.5. The Morgan fingerprint density at radius 3 is 2.67 bits per heavy atom. The van der Waals surface area contributed by atoms with E-state index in [1.54, 1.807) is 12.1 Å². The molecular weight excluding hydrogens is 392 g/mol. The summed E-state index contributed by atoms with van der Waals surface area (Å²) in [6.45, 7) is 1.72. The molecule has 124 valence electrons. The van der Waals surface area contributed by atoms with Gasteiger partial charge in [0.05, 0.1) is 6.61 Å². The van der Waals surface area contributed by atoms with Crippen LogP contribution >= 0.6 is 15.9 Å². The first kappa shape index (κ1) is 15.8. The summed E-state index contributed by atoms with van der Waals surface area (Å²) in [6, 6.07) is 14.9. The first-order valence-electron chi connectivity index (χ1n) is 7.61. The number of hydrogen-bond acceptors (Lipinski definition) is 4. The Labute approximate surface area is 149 Å². The highest BCUT2D eigenvalue weighted by Crippen LogP contribution is 2.30. The molecule has 0 spiro atoms. The minimum absolute atomic E-state index is 0.106. The van der Waals surface area contributed by atoms with Crippen molar-refractivity contribution in [1.82, 2.24) is 4.90 Å². The van der Waals surface area contributed by atoms with E-state index in [9.17, 15) is 8.42 Å². The molecule has 0 saturated carbocycles. The number of amidine groups is 1. The smallest absolute Gasteiger partial charge is 0.285 e. The van der Waals surface area contributed by atoms with Gasteiger partial charge in [0.25, 0.3) is 10.0 Å². The Morgan fingerprint density at radius 2 is 1.88 bits per heavy atom. The van der Waals surface area contributed by atoms with Crippen molar-refractivity contribution in [1.29, 1.82) is 0 Å². The number of nitrogens with zero attached hydrogens (tertiary/aromatic N) is 2. The molecule has 2 aromatic rings. The molecule has 1 saturated heterocycles. The van der Waals surface area contributed by atoms with Crippen LogP contribution in [0.2, 0.25) is 0 Å². The molecule has 2 aromatic carbocycles. The standard InChI is InChI=1S/C17H15BrN2O3S/c18-13-7-5-12(6-8-13)15-11-20(9-10-23-15)17-14-3-1-2-4-16(14)24(21,22)19-17/h1-8,15H,9-11H2.